The second-order valence-corrected chi connectivity index (χ2v) is 13.2. The van der Waals surface area contributed by atoms with Gasteiger partial charge in [0.1, 0.15) is 24.1 Å². The third kappa shape index (κ3) is 7.52. The molecule has 2 saturated heterocycles. The zero-order chi connectivity index (χ0) is 34.1. The minimum absolute atomic E-state index is 0.0576. The van der Waals surface area contributed by atoms with E-state index in [1.807, 2.05) is 29.9 Å². The topological polar surface area (TPSA) is 251 Å². The number of amides is 2. The number of oxime groups is 1. The van der Waals surface area contributed by atoms with E-state index in [9.17, 15) is 32.5 Å². The van der Waals surface area contributed by atoms with Crippen LogP contribution >= 0.6 is 11.3 Å². The summed E-state index contributed by atoms with van der Waals surface area (Å²) in [5.74, 6) is -1.66. The first kappa shape index (κ1) is 33.7. The molecule has 0 spiro atoms. The number of nitrogen functional groups attached to an aromatic ring is 1. The number of hydrogen-bond donors (Lipinski definition) is 5. The van der Waals surface area contributed by atoms with Crippen molar-refractivity contribution in [2.45, 2.75) is 31.5 Å². The van der Waals surface area contributed by atoms with Gasteiger partial charge in [-0.15, -0.1) is 11.3 Å². The fourth-order valence-corrected chi connectivity index (χ4v) is 5.84. The largest absolute Gasteiger partial charge is 0.724 e. The number of hydroxylamine groups is 2. The molecule has 6 N–H and O–H groups in total. The third-order valence-electron chi connectivity index (χ3n) is 7.58. The number of carboxylic acids is 1. The van der Waals surface area contributed by atoms with Crippen molar-refractivity contribution in [3.63, 3.8) is 0 Å². The van der Waals surface area contributed by atoms with Crippen molar-refractivity contribution in [3.8, 4) is 5.75 Å². The number of carbonyl (C=O) groups is 3. The molecule has 0 aliphatic carbocycles. The number of hydrogen-bond acceptors (Lipinski definition) is 15. The van der Waals surface area contributed by atoms with Crippen molar-refractivity contribution in [1.82, 2.24) is 20.7 Å². The van der Waals surface area contributed by atoms with E-state index in [1.165, 1.54) is 19.2 Å². The Labute approximate surface area is 272 Å². The monoisotopic (exact) mass is 692 g/mol. The summed E-state index contributed by atoms with van der Waals surface area (Å²) in [4.78, 5) is 47.0. The summed E-state index contributed by atoms with van der Waals surface area (Å²) in [6.45, 7) is 4.93. The number of aliphatic carboxylic acids is 1. The Kier molecular flexibility index (Phi) is 9.50. The normalized spacial score (nSPS) is 18.6. The number of β-lactam (4-membered cyclic amide) rings is 1. The average molecular weight is 693 g/mol. The summed E-state index contributed by atoms with van der Waals surface area (Å²) in [6.07, 6.45) is 0.219. The van der Waals surface area contributed by atoms with Gasteiger partial charge in [0.2, 0.25) is 10.4 Å². The molecule has 2 aromatic heterocycles. The van der Waals surface area contributed by atoms with E-state index in [1.54, 1.807) is 12.1 Å². The van der Waals surface area contributed by atoms with Crippen LogP contribution in [0.5, 0.6) is 5.75 Å². The predicted molar refractivity (Wildman–Crippen MR) is 165 cm³/mol. The van der Waals surface area contributed by atoms with Crippen molar-refractivity contribution >= 4 is 67.0 Å². The van der Waals surface area contributed by atoms with Gasteiger partial charge in [-0.2, -0.15) is 9.35 Å². The first-order chi connectivity index (χ1) is 22.1. The van der Waals surface area contributed by atoms with Crippen LogP contribution in [0.4, 0.5) is 10.9 Å². The van der Waals surface area contributed by atoms with E-state index in [0.717, 1.165) is 47.6 Å². The summed E-state index contributed by atoms with van der Waals surface area (Å²) in [7, 11) is -3.33. The van der Waals surface area contributed by atoms with Crippen LogP contribution in [-0.4, -0.2) is 95.5 Å². The molecular weight excluding hydrogens is 660 g/mol. The fourth-order valence-electron chi connectivity index (χ4n) is 4.85. The molecule has 0 bridgehead atoms. The quantitative estimate of drug-likeness (QED) is 0.0343. The lowest BCUT2D eigenvalue weighted by molar-refractivity contribution is -0.656. The Morgan fingerprint density at radius 1 is 1.34 bits per heavy atom. The van der Waals surface area contributed by atoms with Crippen LogP contribution in [0.25, 0.3) is 10.8 Å². The summed E-state index contributed by atoms with van der Waals surface area (Å²) in [5, 5.41) is 26.2. The number of thiazole rings is 1. The van der Waals surface area contributed by atoms with Crippen LogP contribution in [-0.2, 0) is 41.0 Å². The highest BCUT2D eigenvalue weighted by Crippen LogP contribution is 2.33. The summed E-state index contributed by atoms with van der Waals surface area (Å²) < 4.78 is 44.9. The maximum absolute atomic E-state index is 13.2. The van der Waals surface area contributed by atoms with E-state index in [4.69, 9.17) is 15.3 Å². The van der Waals surface area contributed by atoms with Gasteiger partial charge in [-0.1, -0.05) is 5.16 Å². The molecular formula is C27H32N8O10S2. The Bertz CT molecular complexity index is 1840. The molecule has 2 aliphatic heterocycles. The van der Waals surface area contributed by atoms with E-state index in [0.29, 0.717) is 16.7 Å². The molecule has 3 aromatic rings. The van der Waals surface area contributed by atoms with Crippen LogP contribution in [0.1, 0.15) is 19.5 Å². The van der Waals surface area contributed by atoms with E-state index < -0.39 is 58.2 Å². The standard InChI is InChI=1S/C27H32N8O10S2/c1-27(2)21(24(37)35(27)45-47(40,41)42)32-23(36)20(18-13-46-26(28)31-18)33-44-19(25(38)39)12-43-16-4-5-17-15(8-16)6-7-34(3)22(17)30-11-14-9-29-10-14/h4-8,13-14,19,21,29H,9-12H2,1-3H3,(H5,28,31,32,36,38,39,40,41,42)/b33-20-/t19-,21?/m0/s1. The molecule has 0 saturated carbocycles. The van der Waals surface area contributed by atoms with Gasteiger partial charge in [-0.05, 0) is 43.5 Å². The highest BCUT2D eigenvalue weighted by molar-refractivity contribution is 7.80. The number of benzene rings is 1. The molecule has 1 unspecified atom stereocenters. The number of nitrogens with zero attached hydrogens (tertiary/aromatic N) is 4. The van der Waals surface area contributed by atoms with Gasteiger partial charge in [0.25, 0.3) is 23.7 Å². The molecule has 2 atom stereocenters. The van der Waals surface area contributed by atoms with Crippen LogP contribution in [0.3, 0.4) is 0 Å². The number of ether oxygens (including phenoxy) is 1. The molecule has 0 radical (unpaired) electrons. The zero-order valence-electron chi connectivity index (χ0n) is 25.3. The minimum atomic E-state index is -5.26. The Balaban J connectivity index is 1.29. The number of pyridine rings is 1. The molecule has 18 nitrogen and oxygen atoms in total. The Morgan fingerprint density at radius 3 is 2.68 bits per heavy atom. The molecule has 252 valence electrons. The van der Waals surface area contributed by atoms with Crippen molar-refractivity contribution in [1.29, 1.82) is 0 Å². The molecule has 20 heteroatoms. The minimum Gasteiger partial charge on any atom is -0.724 e. The van der Waals surface area contributed by atoms with Crippen LogP contribution in [0.2, 0.25) is 0 Å². The zero-order valence-corrected chi connectivity index (χ0v) is 27.0. The lowest BCUT2D eigenvalue weighted by Crippen LogP contribution is -2.76. The smallest absolute Gasteiger partial charge is 0.351 e. The predicted octanol–water partition coefficient (Wildman–Crippen LogP) is -0.915. The van der Waals surface area contributed by atoms with E-state index in [-0.39, 0.29) is 10.8 Å². The number of aromatic nitrogens is 2. The molecule has 2 fully saturated rings. The second kappa shape index (κ2) is 13.2. The van der Waals surface area contributed by atoms with Gasteiger partial charge >= 0.3 is 5.97 Å². The SMILES string of the molecule is C[n+]1ccc2cc(OC[C@H](O/N=C(\C(=O)NC3C(=O)N(OS(=O)(=O)[O-])C3(C)C)c3csc(N)n3)C(=O)O)ccc2c1NCC1CNC1. The number of rotatable bonds is 14. The fraction of sp³-hybridized carbons (Fsp3) is 0.407. The number of fused-ring (bicyclic) bond motifs is 1. The molecule has 2 aliphatic rings. The number of carbonyl (C=O) groups excluding carboxylic acids is 2. The first-order valence-corrected chi connectivity index (χ1v) is 16.3. The summed E-state index contributed by atoms with van der Waals surface area (Å²) in [5.41, 5.74) is 3.63. The van der Waals surface area contributed by atoms with Crippen molar-refractivity contribution in [2.75, 3.05) is 37.3 Å². The molecule has 4 heterocycles. The number of aryl methyl sites for hydroxylation is 1. The van der Waals surface area contributed by atoms with Crippen LogP contribution < -0.4 is 31.0 Å². The Hall–Kier alpha value is -4.63. The molecule has 2 amide bonds. The van der Waals surface area contributed by atoms with Crippen molar-refractivity contribution in [2.24, 2.45) is 18.1 Å². The summed E-state index contributed by atoms with van der Waals surface area (Å²) in [6, 6.07) is 5.86. The number of anilines is 2. The maximum Gasteiger partial charge on any atom is 0.351 e. The van der Waals surface area contributed by atoms with Gasteiger partial charge in [0.15, 0.2) is 10.8 Å². The summed E-state index contributed by atoms with van der Waals surface area (Å²) >= 11 is 0.959. The van der Waals surface area contributed by atoms with Gasteiger partial charge in [-0.25, -0.2) is 22.8 Å². The lowest BCUT2D eigenvalue weighted by Gasteiger charge is -2.51. The van der Waals surface area contributed by atoms with Crippen molar-refractivity contribution < 1.29 is 50.9 Å². The number of carboxylic acid groups (broad SMARTS) is 1. The van der Waals surface area contributed by atoms with E-state index in [2.05, 4.69) is 30.4 Å². The molecule has 5 rings (SSSR count). The van der Waals surface area contributed by atoms with Gasteiger partial charge in [0.05, 0.1) is 30.7 Å². The Morgan fingerprint density at radius 2 is 2.09 bits per heavy atom. The maximum atomic E-state index is 13.2. The average Bonchev–Trinajstić information content (AvgIpc) is 3.41. The number of nitrogens with two attached hydrogens (primary N) is 1. The van der Waals surface area contributed by atoms with Crippen LogP contribution in [0.15, 0.2) is 41.0 Å². The highest BCUT2D eigenvalue weighted by Gasteiger charge is 2.57. The van der Waals surface area contributed by atoms with Crippen LogP contribution in [0, 0.1) is 5.92 Å². The van der Waals surface area contributed by atoms with Crippen molar-refractivity contribution in [3.05, 3.63) is 41.5 Å². The number of nitrogens with one attached hydrogen (secondary N) is 3. The van der Waals surface area contributed by atoms with Gasteiger partial charge in [-0.3, -0.25) is 14.9 Å². The van der Waals surface area contributed by atoms with Gasteiger partial charge in [0, 0.05) is 24.4 Å². The molecule has 1 aromatic carbocycles. The van der Waals surface area contributed by atoms with Gasteiger partial charge < -0.3 is 35.6 Å². The molecule has 47 heavy (non-hydrogen) atoms. The lowest BCUT2D eigenvalue weighted by atomic mass is 9.84. The van der Waals surface area contributed by atoms with E-state index >= 15 is 0 Å². The highest BCUT2D eigenvalue weighted by atomic mass is 32.3. The third-order valence-corrected chi connectivity index (χ3v) is 8.58. The second-order valence-electron chi connectivity index (χ2n) is 11.4. The first-order valence-electron chi connectivity index (χ1n) is 14.1.